The third kappa shape index (κ3) is 1.43. The number of carboxylic acids is 1. The van der Waals surface area contributed by atoms with Crippen LogP contribution in [-0.4, -0.2) is 20.9 Å². The smallest absolute Gasteiger partial charge is 0.336 e. The van der Waals surface area contributed by atoms with Gasteiger partial charge in [-0.25, -0.2) is 4.79 Å². The number of fused-ring (bicyclic) bond motifs is 1. The van der Waals surface area contributed by atoms with Gasteiger partial charge in [0.2, 0.25) is 0 Å². The van der Waals surface area contributed by atoms with Crippen molar-refractivity contribution in [3.8, 4) is 0 Å². The predicted molar refractivity (Wildman–Crippen MR) is 60.1 cm³/mol. The highest BCUT2D eigenvalue weighted by molar-refractivity contribution is 9.10. The van der Waals surface area contributed by atoms with Gasteiger partial charge in [0.1, 0.15) is 0 Å². The molecule has 0 saturated heterocycles. The summed E-state index contributed by atoms with van der Waals surface area (Å²) in [6.45, 7) is 1.86. The van der Waals surface area contributed by atoms with E-state index in [9.17, 15) is 4.79 Å². The summed E-state index contributed by atoms with van der Waals surface area (Å²) in [6.07, 6.45) is 0. The Morgan fingerprint density at radius 1 is 1.53 bits per heavy atom. The number of benzene rings is 1. The number of halogens is 1. The van der Waals surface area contributed by atoms with Crippen molar-refractivity contribution in [3.05, 3.63) is 27.9 Å². The second-order valence-electron chi connectivity index (χ2n) is 3.34. The number of aromatic carboxylic acids is 1. The fourth-order valence-electron chi connectivity index (χ4n) is 1.67. The third-order valence-corrected chi connectivity index (χ3v) is 3.18. The Morgan fingerprint density at radius 3 is 2.80 bits per heavy atom. The van der Waals surface area contributed by atoms with Crippen LogP contribution in [0.2, 0.25) is 0 Å². The van der Waals surface area contributed by atoms with E-state index in [-0.39, 0.29) is 5.56 Å². The van der Waals surface area contributed by atoms with Crippen molar-refractivity contribution in [1.29, 1.82) is 0 Å². The highest BCUT2D eigenvalue weighted by Crippen LogP contribution is 2.29. The molecule has 0 radical (unpaired) electrons. The second kappa shape index (κ2) is 3.34. The molecule has 1 N–H and O–H groups in total. The van der Waals surface area contributed by atoms with Gasteiger partial charge in [0.05, 0.1) is 16.8 Å². The molecule has 0 aliphatic rings. The molecule has 1 aromatic carbocycles. The summed E-state index contributed by atoms with van der Waals surface area (Å²) in [5.41, 5.74) is 2.01. The Labute approximate surface area is 94.6 Å². The molecule has 1 heterocycles. The molecule has 0 amide bonds. The van der Waals surface area contributed by atoms with Crippen LogP contribution in [0.15, 0.2) is 16.6 Å². The minimum absolute atomic E-state index is 0.263. The van der Waals surface area contributed by atoms with Crippen LogP contribution in [-0.2, 0) is 7.05 Å². The standard InChI is InChI=1S/C10H9BrN2O2/c1-5-8-7(13(2)12-5)4-3-6(9(8)11)10(14)15/h3-4H,1-2H3,(H,14,15). The predicted octanol–water partition coefficient (Wildman–Crippen LogP) is 2.34. The second-order valence-corrected chi connectivity index (χ2v) is 4.13. The fraction of sp³-hybridized carbons (Fsp3) is 0.200. The van der Waals surface area contributed by atoms with Gasteiger partial charge < -0.3 is 5.11 Å². The van der Waals surface area contributed by atoms with E-state index in [1.807, 2.05) is 14.0 Å². The number of aryl methyl sites for hydroxylation is 2. The maximum absolute atomic E-state index is 10.9. The van der Waals surface area contributed by atoms with Crippen LogP contribution in [0, 0.1) is 6.92 Å². The third-order valence-electron chi connectivity index (χ3n) is 2.36. The largest absolute Gasteiger partial charge is 0.478 e. The minimum atomic E-state index is -0.938. The topological polar surface area (TPSA) is 55.1 Å². The van der Waals surface area contributed by atoms with Crippen LogP contribution in [0.3, 0.4) is 0 Å². The van der Waals surface area contributed by atoms with E-state index >= 15 is 0 Å². The van der Waals surface area contributed by atoms with E-state index in [0.29, 0.717) is 4.47 Å². The van der Waals surface area contributed by atoms with E-state index in [1.54, 1.807) is 16.8 Å². The van der Waals surface area contributed by atoms with Gasteiger partial charge in [-0.1, -0.05) is 0 Å². The molecule has 0 aliphatic heterocycles. The summed E-state index contributed by atoms with van der Waals surface area (Å²) >= 11 is 3.31. The first-order chi connectivity index (χ1) is 7.02. The van der Waals surface area contributed by atoms with Crippen molar-refractivity contribution in [3.63, 3.8) is 0 Å². The van der Waals surface area contributed by atoms with Crippen molar-refractivity contribution >= 4 is 32.8 Å². The molecular weight excluding hydrogens is 260 g/mol. The Morgan fingerprint density at radius 2 is 2.20 bits per heavy atom. The minimum Gasteiger partial charge on any atom is -0.478 e. The van der Waals surface area contributed by atoms with E-state index in [2.05, 4.69) is 21.0 Å². The maximum atomic E-state index is 10.9. The van der Waals surface area contributed by atoms with Gasteiger partial charge in [-0.05, 0) is 35.0 Å². The molecule has 4 nitrogen and oxygen atoms in total. The van der Waals surface area contributed by atoms with Gasteiger partial charge >= 0.3 is 5.97 Å². The normalized spacial score (nSPS) is 10.9. The Hall–Kier alpha value is -1.36. The maximum Gasteiger partial charge on any atom is 0.336 e. The van der Waals surface area contributed by atoms with Crippen molar-refractivity contribution in [2.24, 2.45) is 7.05 Å². The average Bonchev–Trinajstić information content (AvgIpc) is 2.43. The van der Waals surface area contributed by atoms with Crippen LogP contribution in [0.4, 0.5) is 0 Å². The fourth-order valence-corrected chi connectivity index (χ4v) is 2.47. The summed E-state index contributed by atoms with van der Waals surface area (Å²) in [7, 11) is 1.84. The first kappa shape index (κ1) is 10.2. The summed E-state index contributed by atoms with van der Waals surface area (Å²) in [6, 6.07) is 3.35. The Kier molecular flexibility index (Phi) is 2.26. The van der Waals surface area contributed by atoms with Gasteiger partial charge in [0.25, 0.3) is 0 Å². The van der Waals surface area contributed by atoms with Gasteiger partial charge in [-0.2, -0.15) is 5.10 Å². The van der Waals surface area contributed by atoms with Crippen LogP contribution in [0.5, 0.6) is 0 Å². The summed E-state index contributed by atoms with van der Waals surface area (Å²) in [5, 5.41) is 14.1. The molecule has 2 aromatic rings. The molecular formula is C10H9BrN2O2. The van der Waals surface area contributed by atoms with Crippen LogP contribution < -0.4 is 0 Å². The highest BCUT2D eigenvalue weighted by Gasteiger charge is 2.15. The number of carboxylic acid groups (broad SMARTS) is 1. The van der Waals surface area contributed by atoms with Crippen molar-refractivity contribution < 1.29 is 9.90 Å². The summed E-state index contributed by atoms with van der Waals surface area (Å²) in [5.74, 6) is -0.938. The van der Waals surface area contributed by atoms with Crippen molar-refractivity contribution in [2.75, 3.05) is 0 Å². The molecule has 0 fully saturated rings. The van der Waals surface area contributed by atoms with Gasteiger partial charge in [0.15, 0.2) is 0 Å². The van der Waals surface area contributed by atoms with Crippen molar-refractivity contribution in [1.82, 2.24) is 9.78 Å². The molecule has 1 aromatic heterocycles. The number of aromatic nitrogens is 2. The monoisotopic (exact) mass is 268 g/mol. The molecule has 0 atom stereocenters. The zero-order chi connectivity index (χ0) is 11.2. The molecule has 78 valence electrons. The molecule has 0 unspecified atom stereocenters. The van der Waals surface area contributed by atoms with Gasteiger partial charge in [-0.3, -0.25) is 4.68 Å². The lowest BCUT2D eigenvalue weighted by molar-refractivity contribution is 0.0696. The molecule has 0 aliphatic carbocycles. The highest BCUT2D eigenvalue weighted by atomic mass is 79.9. The summed E-state index contributed by atoms with van der Waals surface area (Å²) < 4.78 is 2.33. The van der Waals surface area contributed by atoms with E-state index < -0.39 is 5.97 Å². The van der Waals surface area contributed by atoms with Gasteiger partial charge in [-0.15, -0.1) is 0 Å². The van der Waals surface area contributed by atoms with E-state index in [1.165, 1.54) is 0 Å². The number of carbonyl (C=O) groups is 1. The first-order valence-corrected chi connectivity index (χ1v) is 5.16. The van der Waals surface area contributed by atoms with E-state index in [4.69, 9.17) is 5.11 Å². The lowest BCUT2D eigenvalue weighted by atomic mass is 10.1. The summed E-state index contributed by atoms with van der Waals surface area (Å²) in [4.78, 5) is 10.9. The van der Waals surface area contributed by atoms with Crippen LogP contribution in [0.1, 0.15) is 16.1 Å². The Bertz CT molecular complexity index is 560. The molecule has 0 spiro atoms. The first-order valence-electron chi connectivity index (χ1n) is 4.37. The molecule has 2 rings (SSSR count). The zero-order valence-corrected chi connectivity index (χ0v) is 9.87. The molecule has 0 saturated carbocycles. The average molecular weight is 269 g/mol. The molecule has 5 heteroatoms. The van der Waals surface area contributed by atoms with Crippen LogP contribution in [0.25, 0.3) is 10.9 Å². The number of hydrogen-bond acceptors (Lipinski definition) is 2. The zero-order valence-electron chi connectivity index (χ0n) is 8.28. The van der Waals surface area contributed by atoms with Crippen molar-refractivity contribution in [2.45, 2.75) is 6.92 Å². The lowest BCUT2D eigenvalue weighted by Gasteiger charge is -2.01. The number of hydrogen-bond donors (Lipinski definition) is 1. The SMILES string of the molecule is Cc1nn(C)c2ccc(C(=O)O)c(Br)c12. The van der Waals surface area contributed by atoms with E-state index in [0.717, 1.165) is 16.6 Å². The van der Waals surface area contributed by atoms with Gasteiger partial charge in [0, 0.05) is 16.9 Å². The molecule has 0 bridgehead atoms. The quantitative estimate of drug-likeness (QED) is 0.864. The van der Waals surface area contributed by atoms with Crippen LogP contribution >= 0.6 is 15.9 Å². The number of nitrogens with zero attached hydrogens (tertiary/aromatic N) is 2. The molecule has 15 heavy (non-hydrogen) atoms. The Balaban J connectivity index is 2.89. The number of rotatable bonds is 1. The lowest BCUT2D eigenvalue weighted by Crippen LogP contribution is -1.98.